The maximum atomic E-state index is 12.2. The largest absolute Gasteiger partial charge is 0.315 e. The van der Waals surface area contributed by atoms with Crippen molar-refractivity contribution in [2.75, 3.05) is 0 Å². The molecule has 0 spiro atoms. The zero-order chi connectivity index (χ0) is 15.7. The molecule has 3 rings (SSSR count). The molecule has 0 unspecified atom stereocenters. The van der Waals surface area contributed by atoms with Gasteiger partial charge in [-0.25, -0.2) is 9.50 Å². The van der Waals surface area contributed by atoms with Crippen LogP contribution < -0.4 is 5.56 Å². The molecule has 0 aliphatic rings. The van der Waals surface area contributed by atoms with E-state index in [-0.39, 0.29) is 5.56 Å². The molecule has 3 aromatic rings. The first-order valence-electron chi connectivity index (χ1n) is 7.25. The Hall–Kier alpha value is -1.70. The Morgan fingerprint density at radius 1 is 1.27 bits per heavy atom. The molecule has 0 aromatic carbocycles. The molecule has 0 fully saturated rings. The molecule has 0 bridgehead atoms. The zero-order valence-corrected chi connectivity index (χ0v) is 14.7. The molecular weight excluding hydrogens is 391 g/mol. The summed E-state index contributed by atoms with van der Waals surface area (Å²) in [5.41, 5.74) is 2.45. The van der Waals surface area contributed by atoms with Gasteiger partial charge in [-0.2, -0.15) is 5.10 Å². The summed E-state index contributed by atoms with van der Waals surface area (Å²) < 4.78 is 4.48. The van der Waals surface area contributed by atoms with E-state index in [1.807, 2.05) is 24.5 Å². The van der Waals surface area contributed by atoms with Crippen LogP contribution in [0.1, 0.15) is 20.3 Å². The first kappa shape index (κ1) is 15.2. The lowest BCUT2D eigenvalue weighted by Gasteiger charge is -2.09. The second-order valence-corrected chi connectivity index (χ2v) is 6.87. The number of aromatic nitrogens is 4. The fourth-order valence-corrected chi connectivity index (χ4v) is 2.74. The summed E-state index contributed by atoms with van der Waals surface area (Å²) in [6, 6.07) is 5.48. The van der Waals surface area contributed by atoms with Gasteiger partial charge in [0.15, 0.2) is 5.65 Å². The maximum absolute atomic E-state index is 12.2. The Bertz CT molecular complexity index is 866. The van der Waals surface area contributed by atoms with Crippen LogP contribution in [0.3, 0.4) is 0 Å². The Labute approximate surface area is 142 Å². The predicted molar refractivity (Wildman–Crippen MR) is 94.9 cm³/mol. The molecule has 0 aliphatic heterocycles. The van der Waals surface area contributed by atoms with E-state index in [1.54, 1.807) is 21.3 Å². The minimum Gasteiger partial charge on any atom is -0.315 e. The van der Waals surface area contributed by atoms with Crippen LogP contribution in [0.5, 0.6) is 0 Å². The van der Waals surface area contributed by atoms with Crippen molar-refractivity contribution in [1.29, 1.82) is 0 Å². The summed E-state index contributed by atoms with van der Waals surface area (Å²) in [6.07, 6.45) is 6.49. The lowest BCUT2D eigenvalue weighted by molar-refractivity contribution is 0.508. The normalized spacial score (nSPS) is 11.5. The minimum absolute atomic E-state index is 0.0167. The molecule has 0 atom stereocenters. The van der Waals surface area contributed by atoms with E-state index < -0.39 is 0 Å². The first-order valence-corrected chi connectivity index (χ1v) is 8.33. The topological polar surface area (TPSA) is 52.2 Å². The molecule has 3 heterocycles. The van der Waals surface area contributed by atoms with Crippen LogP contribution in [-0.2, 0) is 6.54 Å². The summed E-state index contributed by atoms with van der Waals surface area (Å²) in [5, 5.41) is 4.21. The van der Waals surface area contributed by atoms with Gasteiger partial charge in [0.05, 0.1) is 15.5 Å². The van der Waals surface area contributed by atoms with E-state index in [2.05, 4.69) is 46.5 Å². The smallest absolute Gasteiger partial charge is 0.251 e. The molecular formula is C16H17IN4O. The Morgan fingerprint density at radius 3 is 2.82 bits per heavy atom. The number of rotatable bonds is 4. The number of halogens is 1. The van der Waals surface area contributed by atoms with Gasteiger partial charge in [-0.3, -0.25) is 4.79 Å². The Morgan fingerprint density at radius 2 is 2.09 bits per heavy atom. The number of aryl methyl sites for hydroxylation is 1. The quantitative estimate of drug-likeness (QED) is 0.623. The van der Waals surface area contributed by atoms with Crippen molar-refractivity contribution in [2.45, 2.75) is 26.8 Å². The molecule has 0 N–H and O–H groups in total. The summed E-state index contributed by atoms with van der Waals surface area (Å²) >= 11 is 2.21. The van der Waals surface area contributed by atoms with Crippen LogP contribution >= 0.6 is 22.6 Å². The zero-order valence-electron chi connectivity index (χ0n) is 12.5. The predicted octanol–water partition coefficient (Wildman–Crippen LogP) is 3.21. The van der Waals surface area contributed by atoms with Crippen molar-refractivity contribution in [3.8, 4) is 11.3 Å². The highest BCUT2D eigenvalue weighted by atomic mass is 127. The SMILES string of the molecule is CC(C)CCn1ccc(-c2ccn3ncc(I)c3n2)cc1=O. The maximum Gasteiger partial charge on any atom is 0.251 e. The fraction of sp³-hybridized carbons (Fsp3) is 0.312. The van der Waals surface area contributed by atoms with Crippen molar-refractivity contribution in [2.24, 2.45) is 5.92 Å². The van der Waals surface area contributed by atoms with E-state index in [0.29, 0.717) is 5.92 Å². The van der Waals surface area contributed by atoms with Gasteiger partial charge in [0, 0.05) is 30.6 Å². The van der Waals surface area contributed by atoms with Gasteiger partial charge in [0.25, 0.3) is 5.56 Å². The first-order chi connectivity index (χ1) is 10.5. The molecule has 5 nitrogen and oxygen atoms in total. The van der Waals surface area contributed by atoms with Gasteiger partial charge in [0.2, 0.25) is 0 Å². The van der Waals surface area contributed by atoms with Crippen molar-refractivity contribution in [3.05, 3.63) is 50.7 Å². The van der Waals surface area contributed by atoms with Crippen molar-refractivity contribution in [1.82, 2.24) is 19.2 Å². The average molecular weight is 408 g/mol. The van der Waals surface area contributed by atoms with Crippen molar-refractivity contribution < 1.29 is 0 Å². The van der Waals surface area contributed by atoms with Crippen LogP contribution in [-0.4, -0.2) is 19.2 Å². The second kappa shape index (κ2) is 6.20. The molecule has 114 valence electrons. The Kier molecular flexibility index (Phi) is 4.28. The molecule has 0 saturated heterocycles. The van der Waals surface area contributed by atoms with E-state index in [4.69, 9.17) is 0 Å². The third-order valence-electron chi connectivity index (χ3n) is 3.57. The van der Waals surface area contributed by atoms with Crippen molar-refractivity contribution in [3.63, 3.8) is 0 Å². The summed E-state index contributed by atoms with van der Waals surface area (Å²) in [5.74, 6) is 0.583. The molecule has 0 amide bonds. The summed E-state index contributed by atoms with van der Waals surface area (Å²) in [6.45, 7) is 5.07. The molecule has 0 aliphatic carbocycles. The molecule has 6 heteroatoms. The number of fused-ring (bicyclic) bond motifs is 1. The van der Waals surface area contributed by atoms with Gasteiger partial charge >= 0.3 is 0 Å². The van der Waals surface area contributed by atoms with E-state index in [1.165, 1.54) is 0 Å². The summed E-state index contributed by atoms with van der Waals surface area (Å²) in [7, 11) is 0. The number of nitrogens with zero attached hydrogens (tertiary/aromatic N) is 4. The number of hydrogen-bond acceptors (Lipinski definition) is 3. The van der Waals surface area contributed by atoms with Gasteiger partial charge in [-0.15, -0.1) is 0 Å². The lowest BCUT2D eigenvalue weighted by atomic mass is 10.1. The Balaban J connectivity index is 1.95. The molecule has 0 saturated carbocycles. The lowest BCUT2D eigenvalue weighted by Crippen LogP contribution is -2.19. The van der Waals surface area contributed by atoms with E-state index in [0.717, 1.165) is 33.4 Å². The van der Waals surface area contributed by atoms with E-state index in [9.17, 15) is 4.79 Å². The molecule has 0 radical (unpaired) electrons. The van der Waals surface area contributed by atoms with Crippen LogP contribution in [0.2, 0.25) is 0 Å². The average Bonchev–Trinajstić information content (AvgIpc) is 2.87. The van der Waals surface area contributed by atoms with Crippen LogP contribution in [0, 0.1) is 9.49 Å². The van der Waals surface area contributed by atoms with Crippen LogP contribution in [0.25, 0.3) is 16.9 Å². The fourth-order valence-electron chi connectivity index (χ4n) is 2.25. The monoisotopic (exact) mass is 408 g/mol. The highest BCUT2D eigenvalue weighted by Crippen LogP contribution is 2.18. The number of pyridine rings is 1. The molecule has 22 heavy (non-hydrogen) atoms. The van der Waals surface area contributed by atoms with Crippen molar-refractivity contribution >= 4 is 28.2 Å². The number of hydrogen-bond donors (Lipinski definition) is 0. The van der Waals surface area contributed by atoms with Crippen LogP contribution in [0.4, 0.5) is 0 Å². The highest BCUT2D eigenvalue weighted by Gasteiger charge is 2.07. The van der Waals surface area contributed by atoms with Gasteiger partial charge < -0.3 is 4.57 Å². The van der Waals surface area contributed by atoms with Crippen LogP contribution in [0.15, 0.2) is 41.6 Å². The second-order valence-electron chi connectivity index (χ2n) is 5.70. The highest BCUT2D eigenvalue weighted by molar-refractivity contribution is 14.1. The summed E-state index contributed by atoms with van der Waals surface area (Å²) in [4.78, 5) is 16.8. The third-order valence-corrected chi connectivity index (χ3v) is 4.33. The van der Waals surface area contributed by atoms with Gasteiger partial charge in [-0.05, 0) is 47.1 Å². The molecule has 3 aromatic heterocycles. The standard InChI is InChI=1S/C16H17IN4O/c1-11(2)3-6-20-7-4-12(9-15(20)22)14-5-8-21-16(19-14)13(17)10-18-21/h4-5,7-11H,3,6H2,1-2H3. The van der Waals surface area contributed by atoms with E-state index >= 15 is 0 Å². The van der Waals surface area contributed by atoms with Gasteiger partial charge in [0.1, 0.15) is 0 Å². The van der Waals surface area contributed by atoms with Gasteiger partial charge in [-0.1, -0.05) is 13.8 Å². The minimum atomic E-state index is 0.0167. The third kappa shape index (κ3) is 3.06.